The summed E-state index contributed by atoms with van der Waals surface area (Å²) in [5, 5.41) is 0. The zero-order valence-corrected chi connectivity index (χ0v) is 10.9. The zero-order valence-electron chi connectivity index (χ0n) is 10.9. The van der Waals surface area contributed by atoms with Crippen molar-refractivity contribution in [2.75, 3.05) is 13.1 Å². The Labute approximate surface area is 105 Å². The summed E-state index contributed by atoms with van der Waals surface area (Å²) in [5.74, 6) is 0.977. The van der Waals surface area contributed by atoms with Gasteiger partial charge < -0.3 is 5.73 Å². The Hall–Kier alpha value is -0.860. The van der Waals surface area contributed by atoms with Crippen molar-refractivity contribution in [2.45, 2.75) is 39.3 Å². The lowest BCUT2D eigenvalue weighted by atomic mass is 10.1. The Balaban J connectivity index is 1.90. The van der Waals surface area contributed by atoms with Crippen molar-refractivity contribution < 1.29 is 0 Å². The van der Waals surface area contributed by atoms with Gasteiger partial charge in [-0.25, -0.2) is 0 Å². The van der Waals surface area contributed by atoms with E-state index in [1.54, 1.807) is 0 Å². The van der Waals surface area contributed by atoms with Crippen molar-refractivity contribution in [3.63, 3.8) is 0 Å². The van der Waals surface area contributed by atoms with Gasteiger partial charge in [-0.2, -0.15) is 0 Å². The van der Waals surface area contributed by atoms with Crippen LogP contribution >= 0.6 is 0 Å². The number of hydrogen-bond donors (Lipinski definition) is 1. The van der Waals surface area contributed by atoms with Crippen LogP contribution in [0.3, 0.4) is 0 Å². The molecule has 1 saturated carbocycles. The molecule has 2 N–H and O–H groups in total. The minimum atomic E-state index is 0.640. The van der Waals surface area contributed by atoms with Gasteiger partial charge in [-0.05, 0) is 42.9 Å². The van der Waals surface area contributed by atoms with E-state index in [0.29, 0.717) is 6.54 Å². The van der Waals surface area contributed by atoms with Crippen LogP contribution in [0.1, 0.15) is 37.3 Å². The van der Waals surface area contributed by atoms with Crippen molar-refractivity contribution in [1.82, 2.24) is 4.90 Å². The molecule has 1 aliphatic carbocycles. The van der Waals surface area contributed by atoms with Crippen LogP contribution in [0.4, 0.5) is 0 Å². The summed E-state index contributed by atoms with van der Waals surface area (Å²) in [6.07, 6.45) is 4.12. The van der Waals surface area contributed by atoms with Crippen molar-refractivity contribution in [3.05, 3.63) is 35.4 Å². The average Bonchev–Trinajstić information content (AvgIpc) is 3.14. The highest BCUT2D eigenvalue weighted by Crippen LogP contribution is 2.30. The zero-order chi connectivity index (χ0) is 12.1. The molecular formula is C15H24N2. The van der Waals surface area contributed by atoms with Crippen LogP contribution in [0.2, 0.25) is 0 Å². The van der Waals surface area contributed by atoms with E-state index < -0.39 is 0 Å². The van der Waals surface area contributed by atoms with Gasteiger partial charge in [0.15, 0.2) is 0 Å². The molecule has 0 unspecified atom stereocenters. The molecule has 0 atom stereocenters. The SMILES string of the molecule is CCCN(Cc1ccc(CN)cc1)CC1CC1. The first-order valence-electron chi connectivity index (χ1n) is 6.82. The Bertz CT molecular complexity index is 327. The molecule has 2 rings (SSSR count). The number of benzene rings is 1. The molecule has 0 heterocycles. The molecule has 0 radical (unpaired) electrons. The fraction of sp³-hybridized carbons (Fsp3) is 0.600. The highest BCUT2D eigenvalue weighted by atomic mass is 15.1. The second kappa shape index (κ2) is 6.18. The van der Waals surface area contributed by atoms with Gasteiger partial charge in [-0.15, -0.1) is 0 Å². The van der Waals surface area contributed by atoms with Gasteiger partial charge in [0, 0.05) is 19.6 Å². The van der Waals surface area contributed by atoms with Crippen LogP contribution in [-0.4, -0.2) is 18.0 Å². The van der Waals surface area contributed by atoms with Gasteiger partial charge in [0.25, 0.3) is 0 Å². The van der Waals surface area contributed by atoms with Crippen LogP contribution in [0, 0.1) is 5.92 Å². The molecule has 2 nitrogen and oxygen atoms in total. The quantitative estimate of drug-likeness (QED) is 0.783. The van der Waals surface area contributed by atoms with Gasteiger partial charge >= 0.3 is 0 Å². The largest absolute Gasteiger partial charge is 0.326 e. The molecule has 0 aliphatic heterocycles. The maximum Gasteiger partial charge on any atom is 0.0233 e. The fourth-order valence-corrected chi connectivity index (χ4v) is 2.26. The van der Waals surface area contributed by atoms with Gasteiger partial charge in [0.1, 0.15) is 0 Å². The van der Waals surface area contributed by atoms with Crippen LogP contribution < -0.4 is 5.73 Å². The van der Waals surface area contributed by atoms with Crippen LogP contribution in [0.15, 0.2) is 24.3 Å². The van der Waals surface area contributed by atoms with Crippen LogP contribution in [-0.2, 0) is 13.1 Å². The van der Waals surface area contributed by atoms with E-state index in [1.165, 1.54) is 43.5 Å². The Kier molecular flexibility index (Phi) is 4.57. The van der Waals surface area contributed by atoms with Gasteiger partial charge in [-0.1, -0.05) is 31.2 Å². The number of nitrogens with two attached hydrogens (primary N) is 1. The Morgan fingerprint density at radius 3 is 2.35 bits per heavy atom. The molecule has 0 amide bonds. The van der Waals surface area contributed by atoms with Crippen LogP contribution in [0.25, 0.3) is 0 Å². The third-order valence-electron chi connectivity index (χ3n) is 3.42. The lowest BCUT2D eigenvalue weighted by Gasteiger charge is -2.21. The van der Waals surface area contributed by atoms with Crippen LogP contribution in [0.5, 0.6) is 0 Å². The summed E-state index contributed by atoms with van der Waals surface area (Å²) in [4.78, 5) is 2.59. The van der Waals surface area contributed by atoms with Crippen molar-refractivity contribution in [3.8, 4) is 0 Å². The molecule has 2 heteroatoms. The number of nitrogens with zero attached hydrogens (tertiary/aromatic N) is 1. The van der Waals surface area contributed by atoms with E-state index in [2.05, 4.69) is 36.1 Å². The Morgan fingerprint density at radius 1 is 1.18 bits per heavy atom. The topological polar surface area (TPSA) is 29.3 Å². The highest BCUT2D eigenvalue weighted by Gasteiger charge is 2.23. The molecule has 1 aromatic carbocycles. The van der Waals surface area contributed by atoms with E-state index in [1.807, 2.05) is 0 Å². The first kappa shape index (κ1) is 12.6. The lowest BCUT2D eigenvalue weighted by molar-refractivity contribution is 0.255. The second-order valence-corrected chi connectivity index (χ2v) is 5.20. The van der Waals surface area contributed by atoms with Gasteiger partial charge in [0.05, 0.1) is 0 Å². The molecular weight excluding hydrogens is 208 g/mol. The number of rotatable bonds is 7. The fourth-order valence-electron chi connectivity index (χ4n) is 2.26. The summed E-state index contributed by atoms with van der Waals surface area (Å²) >= 11 is 0. The van der Waals surface area contributed by atoms with Gasteiger partial charge in [0.2, 0.25) is 0 Å². The first-order chi connectivity index (χ1) is 8.31. The summed E-state index contributed by atoms with van der Waals surface area (Å²) in [5.41, 5.74) is 8.25. The molecule has 1 fully saturated rings. The summed E-state index contributed by atoms with van der Waals surface area (Å²) in [6.45, 7) is 6.50. The van der Waals surface area contributed by atoms with E-state index in [4.69, 9.17) is 5.73 Å². The smallest absolute Gasteiger partial charge is 0.0233 e. The third-order valence-corrected chi connectivity index (χ3v) is 3.42. The molecule has 1 aliphatic rings. The summed E-state index contributed by atoms with van der Waals surface area (Å²) < 4.78 is 0. The molecule has 0 bridgehead atoms. The lowest BCUT2D eigenvalue weighted by Crippen LogP contribution is -2.26. The van der Waals surface area contributed by atoms with E-state index in [0.717, 1.165) is 12.5 Å². The second-order valence-electron chi connectivity index (χ2n) is 5.20. The van der Waals surface area contributed by atoms with Crippen molar-refractivity contribution in [1.29, 1.82) is 0 Å². The minimum Gasteiger partial charge on any atom is -0.326 e. The molecule has 94 valence electrons. The van der Waals surface area contributed by atoms with E-state index >= 15 is 0 Å². The third kappa shape index (κ3) is 4.14. The predicted molar refractivity (Wildman–Crippen MR) is 72.6 cm³/mol. The highest BCUT2D eigenvalue weighted by molar-refractivity contribution is 5.22. The molecule has 1 aromatic rings. The summed E-state index contributed by atoms with van der Waals surface area (Å²) in [6, 6.07) is 8.74. The summed E-state index contributed by atoms with van der Waals surface area (Å²) in [7, 11) is 0. The predicted octanol–water partition coefficient (Wildman–Crippen LogP) is 2.77. The number of hydrogen-bond acceptors (Lipinski definition) is 2. The van der Waals surface area contributed by atoms with Crippen molar-refractivity contribution in [2.24, 2.45) is 11.7 Å². The standard InChI is InChI=1S/C15H24N2/c1-2-9-17(12-15-7-8-15)11-14-5-3-13(10-16)4-6-14/h3-6,15H,2,7-12,16H2,1H3. The van der Waals surface area contributed by atoms with Crippen molar-refractivity contribution >= 4 is 0 Å². The molecule has 0 saturated heterocycles. The Morgan fingerprint density at radius 2 is 1.82 bits per heavy atom. The minimum absolute atomic E-state index is 0.640. The molecule has 0 spiro atoms. The molecule has 17 heavy (non-hydrogen) atoms. The van der Waals surface area contributed by atoms with E-state index in [-0.39, 0.29) is 0 Å². The maximum atomic E-state index is 5.61. The van der Waals surface area contributed by atoms with E-state index in [9.17, 15) is 0 Å². The monoisotopic (exact) mass is 232 g/mol. The normalized spacial score (nSPS) is 15.5. The maximum absolute atomic E-state index is 5.61. The van der Waals surface area contributed by atoms with Gasteiger partial charge in [-0.3, -0.25) is 4.90 Å². The average molecular weight is 232 g/mol. The molecule has 0 aromatic heterocycles. The first-order valence-corrected chi connectivity index (χ1v) is 6.82.